The highest BCUT2D eigenvalue weighted by molar-refractivity contribution is 5.97. The van der Waals surface area contributed by atoms with Crippen molar-refractivity contribution in [2.24, 2.45) is 0 Å². The molecule has 1 N–H and O–H groups in total. The van der Waals surface area contributed by atoms with Gasteiger partial charge in [-0.1, -0.05) is 0 Å². The van der Waals surface area contributed by atoms with Gasteiger partial charge in [0.15, 0.2) is 0 Å². The van der Waals surface area contributed by atoms with Crippen molar-refractivity contribution in [2.75, 3.05) is 57.8 Å². The fraction of sp³-hybridized carbons (Fsp3) is 0.579. The lowest BCUT2D eigenvalue weighted by molar-refractivity contribution is -0.117. The summed E-state index contributed by atoms with van der Waals surface area (Å²) in [6.07, 6.45) is 2.50. The zero-order chi connectivity index (χ0) is 17.6. The highest BCUT2D eigenvalue weighted by Crippen LogP contribution is 2.21. The van der Waals surface area contributed by atoms with Crippen LogP contribution in [0.5, 0.6) is 0 Å². The third-order valence-electron chi connectivity index (χ3n) is 5.05. The van der Waals surface area contributed by atoms with E-state index < -0.39 is 0 Å². The quantitative estimate of drug-likeness (QED) is 0.788. The molecule has 6 heteroatoms. The van der Waals surface area contributed by atoms with Crippen LogP contribution in [-0.4, -0.2) is 74.5 Å². The lowest BCUT2D eigenvalue weighted by atomic mass is 10.2. The Morgan fingerprint density at radius 2 is 1.80 bits per heavy atom. The first kappa shape index (κ1) is 17.9. The third-order valence-corrected chi connectivity index (χ3v) is 5.05. The van der Waals surface area contributed by atoms with Crippen LogP contribution in [0.15, 0.2) is 24.3 Å². The molecular weight excluding hydrogens is 316 g/mol. The van der Waals surface area contributed by atoms with Gasteiger partial charge in [-0.2, -0.15) is 0 Å². The number of piperazine rings is 1. The maximum Gasteiger partial charge on any atom is 0.251 e. The lowest BCUT2D eigenvalue weighted by Crippen LogP contribution is -2.45. The number of carbonyl (C=O) groups excluding carboxylic acids is 2. The zero-order valence-electron chi connectivity index (χ0n) is 15.0. The van der Waals surface area contributed by atoms with Crippen LogP contribution in [0.1, 0.15) is 29.6 Å². The summed E-state index contributed by atoms with van der Waals surface area (Å²) in [5.41, 5.74) is 1.53. The van der Waals surface area contributed by atoms with E-state index in [4.69, 9.17) is 0 Å². The van der Waals surface area contributed by atoms with Crippen molar-refractivity contribution in [2.45, 2.75) is 19.3 Å². The van der Waals surface area contributed by atoms with E-state index in [1.165, 1.54) is 0 Å². The van der Waals surface area contributed by atoms with E-state index >= 15 is 0 Å². The average molecular weight is 344 g/mol. The number of carbonyl (C=O) groups is 2. The summed E-state index contributed by atoms with van der Waals surface area (Å²) in [6.45, 7) is 6.97. The standard InChI is InChI=1S/C19H28N4O2/c1-21-12-14-22(15-13-21)10-3-9-20-19(25)16-5-7-17(8-6-16)23-11-2-4-18(23)24/h5-8H,2-4,9-15H2,1H3,(H,20,25). The van der Waals surface area contributed by atoms with Crippen molar-refractivity contribution >= 4 is 17.5 Å². The molecule has 0 saturated carbocycles. The van der Waals surface area contributed by atoms with Gasteiger partial charge in [0.25, 0.3) is 5.91 Å². The second-order valence-electron chi connectivity index (χ2n) is 6.95. The molecule has 2 aliphatic heterocycles. The van der Waals surface area contributed by atoms with Gasteiger partial charge in [-0.25, -0.2) is 0 Å². The first-order chi connectivity index (χ1) is 12.1. The summed E-state index contributed by atoms with van der Waals surface area (Å²) in [4.78, 5) is 30.6. The monoisotopic (exact) mass is 344 g/mol. The maximum atomic E-state index is 12.2. The molecule has 25 heavy (non-hydrogen) atoms. The smallest absolute Gasteiger partial charge is 0.251 e. The highest BCUT2D eigenvalue weighted by atomic mass is 16.2. The number of benzene rings is 1. The number of amides is 2. The molecule has 0 radical (unpaired) electrons. The minimum absolute atomic E-state index is 0.0438. The van der Waals surface area contributed by atoms with Gasteiger partial charge in [0.1, 0.15) is 0 Å². The molecule has 136 valence electrons. The van der Waals surface area contributed by atoms with Crippen molar-refractivity contribution in [1.82, 2.24) is 15.1 Å². The first-order valence-electron chi connectivity index (χ1n) is 9.23. The summed E-state index contributed by atoms with van der Waals surface area (Å²) < 4.78 is 0. The molecule has 2 aliphatic rings. The van der Waals surface area contributed by atoms with Crippen LogP contribution >= 0.6 is 0 Å². The molecule has 2 fully saturated rings. The van der Waals surface area contributed by atoms with Gasteiger partial charge in [0.2, 0.25) is 5.91 Å². The van der Waals surface area contributed by atoms with E-state index in [0.717, 1.165) is 57.8 Å². The minimum atomic E-state index is -0.0438. The molecule has 0 unspecified atom stereocenters. The van der Waals surface area contributed by atoms with Gasteiger partial charge >= 0.3 is 0 Å². The first-order valence-corrected chi connectivity index (χ1v) is 9.23. The lowest BCUT2D eigenvalue weighted by Gasteiger charge is -2.32. The Hall–Kier alpha value is -1.92. The van der Waals surface area contributed by atoms with Gasteiger partial charge in [-0.05, 0) is 50.7 Å². The van der Waals surface area contributed by atoms with Gasteiger partial charge in [-0.15, -0.1) is 0 Å². The Morgan fingerprint density at radius 1 is 1.08 bits per heavy atom. The number of nitrogens with one attached hydrogen (secondary N) is 1. The maximum absolute atomic E-state index is 12.2. The molecule has 0 aliphatic carbocycles. The Morgan fingerprint density at radius 3 is 2.44 bits per heavy atom. The van der Waals surface area contributed by atoms with Crippen LogP contribution in [0, 0.1) is 0 Å². The molecule has 0 aromatic heterocycles. The van der Waals surface area contributed by atoms with E-state index in [0.29, 0.717) is 18.5 Å². The van der Waals surface area contributed by atoms with Gasteiger partial charge < -0.3 is 20.0 Å². The molecule has 1 aromatic rings. The molecule has 2 saturated heterocycles. The Balaban J connectivity index is 1.40. The number of likely N-dealkylation sites (N-methyl/N-ethyl adjacent to an activating group) is 1. The summed E-state index contributed by atoms with van der Waals surface area (Å²) in [6, 6.07) is 7.33. The summed E-state index contributed by atoms with van der Waals surface area (Å²) in [5, 5.41) is 2.99. The third kappa shape index (κ3) is 4.80. The summed E-state index contributed by atoms with van der Waals surface area (Å²) >= 11 is 0. The largest absolute Gasteiger partial charge is 0.352 e. The fourth-order valence-electron chi connectivity index (χ4n) is 3.39. The van der Waals surface area contributed by atoms with E-state index in [1.54, 1.807) is 17.0 Å². The Labute approximate surface area is 149 Å². The number of anilines is 1. The van der Waals surface area contributed by atoms with Crippen molar-refractivity contribution in [3.63, 3.8) is 0 Å². The second kappa shape index (κ2) is 8.45. The molecule has 0 spiro atoms. The summed E-state index contributed by atoms with van der Waals surface area (Å²) in [5.74, 6) is 0.124. The molecule has 1 aromatic carbocycles. The van der Waals surface area contributed by atoms with Crippen LogP contribution in [0.3, 0.4) is 0 Å². The van der Waals surface area contributed by atoms with Crippen LogP contribution in [0.4, 0.5) is 5.69 Å². The van der Waals surface area contributed by atoms with E-state index in [-0.39, 0.29) is 11.8 Å². The van der Waals surface area contributed by atoms with Crippen LogP contribution in [0.25, 0.3) is 0 Å². The molecule has 2 amide bonds. The predicted octanol–water partition coefficient (Wildman–Crippen LogP) is 1.18. The summed E-state index contributed by atoms with van der Waals surface area (Å²) in [7, 11) is 2.16. The molecule has 3 rings (SSSR count). The number of rotatable bonds is 6. The number of hydrogen-bond acceptors (Lipinski definition) is 4. The molecule has 0 bridgehead atoms. The van der Waals surface area contributed by atoms with Crippen molar-refractivity contribution < 1.29 is 9.59 Å². The van der Waals surface area contributed by atoms with Crippen molar-refractivity contribution in [3.05, 3.63) is 29.8 Å². The topological polar surface area (TPSA) is 55.9 Å². The average Bonchev–Trinajstić information content (AvgIpc) is 3.06. The minimum Gasteiger partial charge on any atom is -0.352 e. The molecule has 0 atom stereocenters. The Kier molecular flexibility index (Phi) is 6.04. The normalized spacial score (nSPS) is 19.4. The van der Waals surface area contributed by atoms with E-state index in [9.17, 15) is 9.59 Å². The number of hydrogen-bond donors (Lipinski definition) is 1. The van der Waals surface area contributed by atoms with Crippen LogP contribution in [-0.2, 0) is 4.79 Å². The predicted molar refractivity (Wildman–Crippen MR) is 98.9 cm³/mol. The van der Waals surface area contributed by atoms with Gasteiger partial charge in [0, 0.05) is 56.9 Å². The fourth-order valence-corrected chi connectivity index (χ4v) is 3.39. The van der Waals surface area contributed by atoms with Gasteiger partial charge in [0.05, 0.1) is 0 Å². The highest BCUT2D eigenvalue weighted by Gasteiger charge is 2.21. The van der Waals surface area contributed by atoms with Gasteiger partial charge in [-0.3, -0.25) is 9.59 Å². The second-order valence-corrected chi connectivity index (χ2v) is 6.95. The Bertz CT molecular complexity index is 594. The molecule has 2 heterocycles. The van der Waals surface area contributed by atoms with E-state index in [2.05, 4.69) is 22.2 Å². The van der Waals surface area contributed by atoms with E-state index in [1.807, 2.05) is 12.1 Å². The van der Waals surface area contributed by atoms with Crippen LogP contribution < -0.4 is 10.2 Å². The molecular formula is C19H28N4O2. The zero-order valence-corrected chi connectivity index (χ0v) is 15.0. The number of nitrogens with zero attached hydrogens (tertiary/aromatic N) is 3. The van der Waals surface area contributed by atoms with Crippen LogP contribution in [0.2, 0.25) is 0 Å². The molecule has 6 nitrogen and oxygen atoms in total. The SMILES string of the molecule is CN1CCN(CCCNC(=O)c2ccc(N3CCCC3=O)cc2)CC1. The van der Waals surface area contributed by atoms with Crippen molar-refractivity contribution in [1.29, 1.82) is 0 Å². The van der Waals surface area contributed by atoms with Crippen molar-refractivity contribution in [3.8, 4) is 0 Å².